The molecule has 2 aliphatic rings. The zero-order valence-electron chi connectivity index (χ0n) is 29.2. The number of nitrogens with one attached hydrogen (secondary N) is 1. The lowest BCUT2D eigenvalue weighted by Gasteiger charge is -2.32. The standard InChI is InChI=1S/C38H40ClFN4O7S/c1-23-20-24(2)42-38(41-23)52-19-11-5-4-10-17-51-37(48)33-30(22-50-18-16-44-34(45)25-12-6-7-13-26(25)35(44)46)43-29(21-40)32(36(47)49-3)31(33)27-14-8-9-15-28(27)39/h6-9,12-15,20,31,43H,4-5,10-11,16-19,21-22H2,1-3H3. The van der Waals surface area contributed by atoms with Crippen LogP contribution in [0.4, 0.5) is 4.39 Å². The number of carbonyl (C=O) groups excluding carboxylic acids is 4. The molecular formula is C38H40ClFN4O7S. The summed E-state index contributed by atoms with van der Waals surface area (Å²) in [6, 6.07) is 15.1. The number of carbonyl (C=O) groups is 4. The van der Waals surface area contributed by atoms with Crippen molar-refractivity contribution < 1.29 is 37.8 Å². The molecule has 2 amide bonds. The molecule has 3 heterocycles. The molecule has 2 aromatic carbocycles. The first kappa shape index (κ1) is 38.6. The normalized spacial score (nSPS) is 15.6. The minimum absolute atomic E-state index is 0.0104. The maximum absolute atomic E-state index is 14.6. The number of hydrogen-bond donors (Lipinski definition) is 1. The third kappa shape index (κ3) is 9.06. The number of allylic oxidation sites excluding steroid dienone is 1. The summed E-state index contributed by atoms with van der Waals surface area (Å²) < 4.78 is 31.3. The molecule has 11 nitrogen and oxygen atoms in total. The fraction of sp³-hybridized carbons (Fsp3) is 0.368. The zero-order chi connectivity index (χ0) is 37.2. The Morgan fingerprint density at radius 1 is 0.885 bits per heavy atom. The van der Waals surface area contributed by atoms with Crippen LogP contribution in [-0.4, -0.2) is 84.5 Å². The van der Waals surface area contributed by atoms with Crippen LogP contribution in [0.2, 0.25) is 5.02 Å². The molecule has 0 aliphatic carbocycles. The highest BCUT2D eigenvalue weighted by atomic mass is 35.5. The molecule has 1 unspecified atom stereocenters. The highest BCUT2D eigenvalue weighted by Crippen LogP contribution is 2.42. The van der Waals surface area contributed by atoms with Gasteiger partial charge in [0.1, 0.15) is 6.67 Å². The van der Waals surface area contributed by atoms with Gasteiger partial charge in [0.2, 0.25) is 0 Å². The van der Waals surface area contributed by atoms with E-state index in [9.17, 15) is 23.6 Å². The molecule has 0 saturated carbocycles. The van der Waals surface area contributed by atoms with E-state index in [1.54, 1.807) is 60.3 Å². The van der Waals surface area contributed by atoms with Gasteiger partial charge in [-0.3, -0.25) is 14.5 Å². The largest absolute Gasteiger partial charge is 0.466 e. The number of aryl methyl sites for hydroxylation is 2. The lowest BCUT2D eigenvalue weighted by Crippen LogP contribution is -2.37. The van der Waals surface area contributed by atoms with Gasteiger partial charge in [-0.15, -0.1) is 0 Å². The zero-order valence-corrected chi connectivity index (χ0v) is 30.8. The van der Waals surface area contributed by atoms with Gasteiger partial charge in [-0.1, -0.05) is 66.5 Å². The molecule has 5 rings (SSSR count). The molecule has 1 atom stereocenters. The van der Waals surface area contributed by atoms with Gasteiger partial charge >= 0.3 is 11.9 Å². The number of thioether (sulfide) groups is 1. The Morgan fingerprint density at radius 3 is 2.17 bits per heavy atom. The molecule has 0 spiro atoms. The van der Waals surface area contributed by atoms with Crippen LogP contribution in [0.3, 0.4) is 0 Å². The van der Waals surface area contributed by atoms with Crippen molar-refractivity contribution in [1.29, 1.82) is 0 Å². The van der Waals surface area contributed by atoms with Crippen molar-refractivity contribution >= 4 is 47.1 Å². The number of benzene rings is 2. The van der Waals surface area contributed by atoms with E-state index in [2.05, 4.69) is 15.3 Å². The van der Waals surface area contributed by atoms with Crippen molar-refractivity contribution in [3.63, 3.8) is 0 Å². The topological polar surface area (TPSA) is 137 Å². The minimum Gasteiger partial charge on any atom is -0.466 e. The van der Waals surface area contributed by atoms with Crippen LogP contribution in [0.15, 0.2) is 82.3 Å². The van der Waals surface area contributed by atoms with Gasteiger partial charge in [0.15, 0.2) is 5.16 Å². The number of rotatable bonds is 17. The number of methoxy groups -OCH3 is 1. The number of aromatic nitrogens is 2. The maximum atomic E-state index is 14.6. The summed E-state index contributed by atoms with van der Waals surface area (Å²) >= 11 is 8.22. The monoisotopic (exact) mass is 750 g/mol. The summed E-state index contributed by atoms with van der Waals surface area (Å²) in [5, 5.41) is 3.88. The highest BCUT2D eigenvalue weighted by Gasteiger charge is 2.41. The average molecular weight is 751 g/mol. The second-order valence-corrected chi connectivity index (χ2v) is 13.7. The number of hydrogen-bond acceptors (Lipinski definition) is 11. The Morgan fingerprint density at radius 2 is 1.52 bits per heavy atom. The lowest BCUT2D eigenvalue weighted by molar-refractivity contribution is -0.139. The van der Waals surface area contributed by atoms with Gasteiger partial charge in [0, 0.05) is 22.2 Å². The van der Waals surface area contributed by atoms with E-state index in [0.717, 1.165) is 46.5 Å². The molecule has 14 heteroatoms. The Labute approximate surface area is 311 Å². The van der Waals surface area contributed by atoms with Gasteiger partial charge in [-0.2, -0.15) is 0 Å². The number of fused-ring (bicyclic) bond motifs is 1. The summed E-state index contributed by atoms with van der Waals surface area (Å²) in [7, 11) is 1.17. The number of esters is 2. The summed E-state index contributed by atoms with van der Waals surface area (Å²) in [4.78, 5) is 62.8. The van der Waals surface area contributed by atoms with Crippen LogP contribution in [0.25, 0.3) is 0 Å². The molecule has 52 heavy (non-hydrogen) atoms. The second-order valence-electron chi connectivity index (χ2n) is 12.2. The summed E-state index contributed by atoms with van der Waals surface area (Å²) in [5.74, 6) is -2.72. The number of nitrogens with zero attached hydrogens (tertiary/aromatic N) is 3. The molecular weight excluding hydrogens is 711 g/mol. The van der Waals surface area contributed by atoms with Crippen LogP contribution in [0.5, 0.6) is 0 Å². The predicted octanol–water partition coefficient (Wildman–Crippen LogP) is 6.29. The first-order valence-electron chi connectivity index (χ1n) is 16.9. The number of halogens is 2. The van der Waals surface area contributed by atoms with Crippen molar-refractivity contribution in [3.8, 4) is 0 Å². The first-order valence-corrected chi connectivity index (χ1v) is 18.3. The van der Waals surface area contributed by atoms with Crippen LogP contribution in [-0.2, 0) is 23.8 Å². The molecule has 0 bridgehead atoms. The molecule has 0 saturated heterocycles. The first-order chi connectivity index (χ1) is 25.1. The van der Waals surface area contributed by atoms with E-state index in [4.69, 9.17) is 25.8 Å². The maximum Gasteiger partial charge on any atom is 0.336 e. The SMILES string of the molecule is COC(=O)C1=C(CF)NC(COCCN2C(=O)c3ccccc3C2=O)=C(C(=O)OCCCCCCSc2nc(C)cc(C)n2)C1c1ccccc1Cl. The second kappa shape index (κ2) is 18.3. The summed E-state index contributed by atoms with van der Waals surface area (Å²) in [6.07, 6.45) is 3.23. The van der Waals surface area contributed by atoms with Crippen LogP contribution >= 0.6 is 23.4 Å². The van der Waals surface area contributed by atoms with Gasteiger partial charge < -0.3 is 19.5 Å². The summed E-state index contributed by atoms with van der Waals surface area (Å²) in [6.45, 7) is 2.52. The minimum atomic E-state index is -1.14. The van der Waals surface area contributed by atoms with Crippen molar-refractivity contribution in [3.05, 3.63) is 110 Å². The quantitative estimate of drug-likeness (QED) is 0.0548. The van der Waals surface area contributed by atoms with E-state index in [1.165, 1.54) is 7.11 Å². The van der Waals surface area contributed by atoms with E-state index < -0.39 is 36.3 Å². The molecule has 3 aromatic rings. The molecule has 274 valence electrons. The third-order valence-corrected chi connectivity index (χ3v) is 9.83. The Balaban J connectivity index is 1.28. The lowest BCUT2D eigenvalue weighted by atomic mass is 9.80. The van der Waals surface area contributed by atoms with Crippen LogP contribution < -0.4 is 5.32 Å². The van der Waals surface area contributed by atoms with Gasteiger partial charge in [-0.25, -0.2) is 23.9 Å². The van der Waals surface area contributed by atoms with Crippen LogP contribution in [0.1, 0.15) is 69.3 Å². The van der Waals surface area contributed by atoms with Gasteiger partial charge in [0.25, 0.3) is 11.8 Å². The van der Waals surface area contributed by atoms with Crippen molar-refractivity contribution in [2.45, 2.75) is 50.6 Å². The average Bonchev–Trinajstić information content (AvgIpc) is 3.38. The third-order valence-electron chi connectivity index (χ3n) is 8.55. The van der Waals surface area contributed by atoms with Crippen molar-refractivity contribution in [2.75, 3.05) is 45.9 Å². The number of dihydropyridines is 1. The highest BCUT2D eigenvalue weighted by molar-refractivity contribution is 7.99. The molecule has 1 N–H and O–H groups in total. The Hall–Kier alpha value is -4.59. The molecule has 2 aliphatic heterocycles. The number of alkyl halides is 1. The number of unbranched alkanes of at least 4 members (excludes halogenated alkanes) is 3. The van der Waals surface area contributed by atoms with E-state index >= 15 is 0 Å². The summed E-state index contributed by atoms with van der Waals surface area (Å²) in [5.41, 5.74) is 2.80. The van der Waals surface area contributed by atoms with E-state index in [0.29, 0.717) is 23.1 Å². The van der Waals surface area contributed by atoms with Crippen LogP contribution in [0, 0.1) is 13.8 Å². The fourth-order valence-electron chi connectivity index (χ4n) is 6.14. The molecule has 1 aromatic heterocycles. The number of amides is 2. The van der Waals surface area contributed by atoms with Gasteiger partial charge in [0.05, 0.1) is 73.1 Å². The van der Waals surface area contributed by atoms with E-state index in [-0.39, 0.29) is 53.9 Å². The Kier molecular flexibility index (Phi) is 13.6. The molecule has 0 fully saturated rings. The van der Waals surface area contributed by atoms with Crippen molar-refractivity contribution in [2.24, 2.45) is 0 Å². The molecule has 0 radical (unpaired) electrons. The fourth-order valence-corrected chi connectivity index (χ4v) is 7.33. The Bertz CT molecular complexity index is 1850. The number of ether oxygens (including phenoxy) is 3. The predicted molar refractivity (Wildman–Crippen MR) is 194 cm³/mol. The van der Waals surface area contributed by atoms with E-state index in [1.807, 2.05) is 19.9 Å². The van der Waals surface area contributed by atoms with Crippen molar-refractivity contribution in [1.82, 2.24) is 20.2 Å². The smallest absolute Gasteiger partial charge is 0.336 e. The van der Waals surface area contributed by atoms with Gasteiger partial charge in [-0.05, 0) is 56.5 Å². The number of imide groups is 1.